The van der Waals surface area contributed by atoms with Crippen LogP contribution < -0.4 is 5.46 Å². The van der Waals surface area contributed by atoms with Crippen molar-refractivity contribution < 1.29 is 9.31 Å². The molecule has 1 aromatic rings. The van der Waals surface area contributed by atoms with Crippen molar-refractivity contribution >= 4 is 35.9 Å². The maximum absolute atomic E-state index is 6.30. The van der Waals surface area contributed by atoms with E-state index in [1.54, 1.807) is 11.8 Å². The van der Waals surface area contributed by atoms with Crippen LogP contribution in [0.15, 0.2) is 23.1 Å². The van der Waals surface area contributed by atoms with Gasteiger partial charge in [0, 0.05) is 15.4 Å². The Kier molecular flexibility index (Phi) is 3.76. The molecule has 18 heavy (non-hydrogen) atoms. The fourth-order valence-electron chi connectivity index (χ4n) is 1.80. The molecule has 0 amide bonds. The average molecular weight is 285 g/mol. The molecular weight excluding hydrogens is 266 g/mol. The standard InChI is InChI=1S/C13H18BClO2S/c1-12(2)13(3,4)17-14(16-12)10-7-6-9(18-5)8-11(10)15/h6-8H,1-5H3. The van der Waals surface area contributed by atoms with Crippen molar-refractivity contribution in [2.75, 3.05) is 6.26 Å². The minimum absolute atomic E-state index is 0.334. The maximum atomic E-state index is 6.30. The molecule has 0 atom stereocenters. The van der Waals surface area contributed by atoms with Gasteiger partial charge >= 0.3 is 7.12 Å². The summed E-state index contributed by atoms with van der Waals surface area (Å²) in [6, 6.07) is 5.97. The predicted octanol–water partition coefficient (Wildman–Crippen LogP) is 3.36. The van der Waals surface area contributed by atoms with Gasteiger partial charge in [-0.1, -0.05) is 17.7 Å². The third-order valence-corrected chi connectivity index (χ3v) is 4.77. The van der Waals surface area contributed by atoms with Crippen molar-refractivity contribution in [1.82, 2.24) is 0 Å². The Balaban J connectivity index is 2.30. The zero-order chi connectivity index (χ0) is 13.6. The fraction of sp³-hybridized carbons (Fsp3) is 0.538. The molecule has 0 aromatic heterocycles. The molecule has 0 spiro atoms. The lowest BCUT2D eigenvalue weighted by molar-refractivity contribution is 0.00578. The fourth-order valence-corrected chi connectivity index (χ4v) is 2.57. The first-order valence-corrected chi connectivity index (χ1v) is 7.56. The lowest BCUT2D eigenvalue weighted by Crippen LogP contribution is -2.41. The average Bonchev–Trinajstić information content (AvgIpc) is 2.47. The van der Waals surface area contributed by atoms with E-state index in [-0.39, 0.29) is 11.2 Å². The van der Waals surface area contributed by atoms with Gasteiger partial charge in [-0.15, -0.1) is 11.8 Å². The number of thioether (sulfide) groups is 1. The van der Waals surface area contributed by atoms with E-state index >= 15 is 0 Å². The first-order valence-electron chi connectivity index (χ1n) is 5.96. The Morgan fingerprint density at radius 2 is 1.67 bits per heavy atom. The van der Waals surface area contributed by atoms with Gasteiger partial charge in [-0.25, -0.2) is 0 Å². The van der Waals surface area contributed by atoms with Crippen LogP contribution in [-0.4, -0.2) is 24.6 Å². The van der Waals surface area contributed by atoms with E-state index in [1.165, 1.54) is 0 Å². The zero-order valence-electron chi connectivity index (χ0n) is 11.4. The van der Waals surface area contributed by atoms with Gasteiger partial charge in [0.15, 0.2) is 0 Å². The van der Waals surface area contributed by atoms with E-state index in [0.29, 0.717) is 5.02 Å². The highest BCUT2D eigenvalue weighted by Gasteiger charge is 2.52. The molecule has 1 aromatic carbocycles. The molecule has 2 nitrogen and oxygen atoms in total. The lowest BCUT2D eigenvalue weighted by Gasteiger charge is -2.32. The largest absolute Gasteiger partial charge is 0.496 e. The second kappa shape index (κ2) is 4.75. The van der Waals surface area contributed by atoms with Crippen LogP contribution >= 0.6 is 23.4 Å². The molecule has 0 unspecified atom stereocenters. The van der Waals surface area contributed by atoms with Crippen LogP contribution in [0.4, 0.5) is 0 Å². The second-order valence-corrected chi connectivity index (χ2v) is 6.76. The number of benzene rings is 1. The SMILES string of the molecule is CSc1ccc(B2OC(C)(C)C(C)(C)O2)c(Cl)c1. The Hall–Kier alpha value is -0.155. The van der Waals surface area contributed by atoms with Crippen molar-refractivity contribution in [1.29, 1.82) is 0 Å². The highest BCUT2D eigenvalue weighted by molar-refractivity contribution is 7.98. The van der Waals surface area contributed by atoms with E-state index < -0.39 is 7.12 Å². The van der Waals surface area contributed by atoms with Gasteiger partial charge in [-0.05, 0) is 46.1 Å². The van der Waals surface area contributed by atoms with Crippen LogP contribution in [0.5, 0.6) is 0 Å². The quantitative estimate of drug-likeness (QED) is 0.613. The van der Waals surface area contributed by atoms with Crippen molar-refractivity contribution in [2.24, 2.45) is 0 Å². The number of hydrogen-bond acceptors (Lipinski definition) is 3. The maximum Gasteiger partial charge on any atom is 0.496 e. The third-order valence-electron chi connectivity index (χ3n) is 3.71. The Bertz CT molecular complexity index is 446. The molecule has 0 aliphatic carbocycles. The third kappa shape index (κ3) is 2.44. The molecular formula is C13H18BClO2S. The summed E-state index contributed by atoms with van der Waals surface area (Å²) in [5.74, 6) is 0. The van der Waals surface area contributed by atoms with Gasteiger partial charge in [0.2, 0.25) is 0 Å². The minimum Gasteiger partial charge on any atom is -0.399 e. The van der Waals surface area contributed by atoms with Crippen LogP contribution in [0.3, 0.4) is 0 Å². The number of rotatable bonds is 2. The smallest absolute Gasteiger partial charge is 0.399 e. The number of halogens is 1. The molecule has 1 fully saturated rings. The van der Waals surface area contributed by atoms with E-state index in [2.05, 4.69) is 0 Å². The van der Waals surface area contributed by atoms with Crippen molar-refractivity contribution in [3.63, 3.8) is 0 Å². The highest BCUT2D eigenvalue weighted by atomic mass is 35.5. The molecule has 0 radical (unpaired) electrons. The van der Waals surface area contributed by atoms with Crippen molar-refractivity contribution in [3.05, 3.63) is 23.2 Å². The molecule has 1 aliphatic heterocycles. The normalized spacial score (nSPS) is 21.3. The number of hydrogen-bond donors (Lipinski definition) is 0. The Morgan fingerprint density at radius 1 is 1.11 bits per heavy atom. The summed E-state index contributed by atoms with van der Waals surface area (Å²) in [5.41, 5.74) is 0.228. The Morgan fingerprint density at radius 3 is 2.11 bits per heavy atom. The van der Waals surface area contributed by atoms with Gasteiger partial charge in [0.1, 0.15) is 0 Å². The van der Waals surface area contributed by atoms with E-state index in [4.69, 9.17) is 20.9 Å². The van der Waals surface area contributed by atoms with Crippen LogP contribution in [0, 0.1) is 0 Å². The first kappa shape index (κ1) is 14.3. The van der Waals surface area contributed by atoms with Crippen LogP contribution in [0.25, 0.3) is 0 Å². The molecule has 5 heteroatoms. The summed E-state index contributed by atoms with van der Waals surface area (Å²) in [5, 5.41) is 0.695. The molecule has 1 aliphatic rings. The molecule has 1 saturated heterocycles. The summed E-state index contributed by atoms with van der Waals surface area (Å²) in [4.78, 5) is 1.14. The lowest BCUT2D eigenvalue weighted by atomic mass is 9.79. The summed E-state index contributed by atoms with van der Waals surface area (Å²) in [6.07, 6.45) is 2.03. The van der Waals surface area contributed by atoms with Gasteiger partial charge in [0.05, 0.1) is 11.2 Å². The Labute approximate surface area is 119 Å². The van der Waals surface area contributed by atoms with E-state index in [1.807, 2.05) is 52.1 Å². The predicted molar refractivity (Wildman–Crippen MR) is 78.9 cm³/mol. The highest BCUT2D eigenvalue weighted by Crippen LogP contribution is 2.37. The summed E-state index contributed by atoms with van der Waals surface area (Å²) in [7, 11) is -0.390. The van der Waals surface area contributed by atoms with Crippen LogP contribution in [0.2, 0.25) is 5.02 Å². The molecule has 98 valence electrons. The molecule has 1 heterocycles. The second-order valence-electron chi connectivity index (χ2n) is 5.48. The van der Waals surface area contributed by atoms with Gasteiger partial charge in [0.25, 0.3) is 0 Å². The van der Waals surface area contributed by atoms with Gasteiger partial charge in [-0.2, -0.15) is 0 Å². The van der Waals surface area contributed by atoms with Crippen LogP contribution in [-0.2, 0) is 9.31 Å². The monoisotopic (exact) mass is 284 g/mol. The van der Waals surface area contributed by atoms with Gasteiger partial charge in [-0.3, -0.25) is 0 Å². The molecule has 0 N–H and O–H groups in total. The zero-order valence-corrected chi connectivity index (χ0v) is 13.0. The van der Waals surface area contributed by atoms with E-state index in [9.17, 15) is 0 Å². The van der Waals surface area contributed by atoms with E-state index in [0.717, 1.165) is 10.4 Å². The summed E-state index contributed by atoms with van der Waals surface area (Å²) >= 11 is 7.97. The van der Waals surface area contributed by atoms with Gasteiger partial charge < -0.3 is 9.31 Å². The molecule has 2 rings (SSSR count). The van der Waals surface area contributed by atoms with Crippen LogP contribution in [0.1, 0.15) is 27.7 Å². The van der Waals surface area contributed by atoms with Crippen molar-refractivity contribution in [2.45, 2.75) is 43.8 Å². The first-order chi connectivity index (χ1) is 8.27. The topological polar surface area (TPSA) is 18.5 Å². The minimum atomic E-state index is -0.390. The van der Waals surface area contributed by atoms with Crippen molar-refractivity contribution in [3.8, 4) is 0 Å². The summed E-state index contributed by atoms with van der Waals surface area (Å²) in [6.45, 7) is 8.16. The molecule has 0 bridgehead atoms. The summed E-state index contributed by atoms with van der Waals surface area (Å²) < 4.78 is 12.0. The molecule has 0 saturated carbocycles.